The van der Waals surface area contributed by atoms with Gasteiger partial charge in [0.1, 0.15) is 0 Å². The first kappa shape index (κ1) is 12.0. The number of likely N-dealkylation sites (tertiary alicyclic amines) is 1. The third-order valence-electron chi connectivity index (χ3n) is 3.41. The lowest BCUT2D eigenvalue weighted by Gasteiger charge is -2.25. The minimum Gasteiger partial charge on any atom is -0.326 e. The molecule has 1 aliphatic heterocycles. The zero-order chi connectivity index (χ0) is 11.5. The molecule has 1 heterocycles. The number of nitrogens with two attached hydrogens (primary N) is 1. The third kappa shape index (κ3) is 2.26. The summed E-state index contributed by atoms with van der Waals surface area (Å²) >= 11 is 1.78. The second-order valence-electron chi connectivity index (χ2n) is 4.30. The number of likely N-dealkylation sites (N-methyl/N-ethyl adjacent to an activating group) is 1. The lowest BCUT2D eigenvalue weighted by atomic mass is 10.0. The molecule has 2 nitrogen and oxygen atoms in total. The van der Waals surface area contributed by atoms with E-state index in [4.69, 9.17) is 5.73 Å². The fourth-order valence-electron chi connectivity index (χ4n) is 2.50. The molecule has 0 aromatic heterocycles. The summed E-state index contributed by atoms with van der Waals surface area (Å²) in [4.78, 5) is 3.79. The topological polar surface area (TPSA) is 29.3 Å². The highest BCUT2D eigenvalue weighted by atomic mass is 32.2. The molecule has 16 heavy (non-hydrogen) atoms. The molecule has 1 aromatic rings. The molecular formula is C13H20N2S. The minimum absolute atomic E-state index is 0.292. The van der Waals surface area contributed by atoms with Gasteiger partial charge < -0.3 is 5.73 Å². The molecule has 2 N–H and O–H groups in total. The summed E-state index contributed by atoms with van der Waals surface area (Å²) in [7, 11) is 0. The third-order valence-corrected chi connectivity index (χ3v) is 4.16. The van der Waals surface area contributed by atoms with Gasteiger partial charge in [0.05, 0.1) is 0 Å². The average molecular weight is 236 g/mol. The highest BCUT2D eigenvalue weighted by Crippen LogP contribution is 2.31. The first-order valence-electron chi connectivity index (χ1n) is 5.90. The summed E-state index contributed by atoms with van der Waals surface area (Å²) in [5.41, 5.74) is 7.57. The van der Waals surface area contributed by atoms with Crippen molar-refractivity contribution < 1.29 is 0 Å². The maximum absolute atomic E-state index is 6.20. The van der Waals surface area contributed by atoms with Gasteiger partial charge in [-0.1, -0.05) is 19.1 Å². The van der Waals surface area contributed by atoms with E-state index in [-0.39, 0.29) is 0 Å². The molecule has 0 spiro atoms. The molecule has 0 saturated carbocycles. The van der Waals surface area contributed by atoms with Crippen molar-refractivity contribution in [2.24, 2.45) is 5.73 Å². The molecule has 0 aliphatic carbocycles. The lowest BCUT2D eigenvalue weighted by molar-refractivity contribution is 0.261. The second-order valence-corrected chi connectivity index (χ2v) is 5.18. The molecule has 2 unspecified atom stereocenters. The lowest BCUT2D eigenvalue weighted by Crippen LogP contribution is -2.31. The maximum Gasteiger partial charge on any atom is 0.0499 e. The molecule has 0 radical (unpaired) electrons. The highest BCUT2D eigenvalue weighted by Gasteiger charge is 2.31. The van der Waals surface area contributed by atoms with Gasteiger partial charge in [-0.25, -0.2) is 0 Å². The van der Waals surface area contributed by atoms with Crippen LogP contribution in [0.1, 0.15) is 24.9 Å². The van der Waals surface area contributed by atoms with Crippen LogP contribution in [0.2, 0.25) is 0 Å². The van der Waals surface area contributed by atoms with Gasteiger partial charge in [0.2, 0.25) is 0 Å². The quantitative estimate of drug-likeness (QED) is 0.818. The van der Waals surface area contributed by atoms with Crippen molar-refractivity contribution in [2.45, 2.75) is 30.3 Å². The predicted octanol–water partition coefficient (Wildman–Crippen LogP) is 2.50. The smallest absolute Gasteiger partial charge is 0.0499 e. The molecule has 1 aromatic carbocycles. The normalized spacial score (nSPS) is 26.2. The Hall–Kier alpha value is -0.510. The molecule has 0 bridgehead atoms. The van der Waals surface area contributed by atoms with E-state index in [1.807, 2.05) is 0 Å². The van der Waals surface area contributed by atoms with E-state index in [2.05, 4.69) is 42.3 Å². The monoisotopic (exact) mass is 236 g/mol. The Labute approximate surface area is 102 Å². The van der Waals surface area contributed by atoms with E-state index in [1.54, 1.807) is 11.8 Å². The van der Waals surface area contributed by atoms with Crippen LogP contribution in [-0.4, -0.2) is 30.3 Å². The molecule has 1 fully saturated rings. The van der Waals surface area contributed by atoms with Crippen LogP contribution in [0.15, 0.2) is 29.2 Å². The van der Waals surface area contributed by atoms with Gasteiger partial charge in [-0.2, -0.15) is 0 Å². The van der Waals surface area contributed by atoms with Crippen molar-refractivity contribution in [3.8, 4) is 0 Å². The number of hydrogen-bond acceptors (Lipinski definition) is 3. The van der Waals surface area contributed by atoms with Crippen molar-refractivity contribution in [1.82, 2.24) is 4.90 Å². The van der Waals surface area contributed by atoms with E-state index in [0.29, 0.717) is 12.1 Å². The van der Waals surface area contributed by atoms with Crippen LogP contribution < -0.4 is 5.73 Å². The Kier molecular flexibility index (Phi) is 3.90. The van der Waals surface area contributed by atoms with Gasteiger partial charge in [-0.15, -0.1) is 11.8 Å². The molecule has 3 heteroatoms. The average Bonchev–Trinajstić information content (AvgIpc) is 2.70. The fourth-order valence-corrected chi connectivity index (χ4v) is 2.90. The number of rotatable bonds is 3. The van der Waals surface area contributed by atoms with Crippen LogP contribution in [0.25, 0.3) is 0 Å². The van der Waals surface area contributed by atoms with Gasteiger partial charge >= 0.3 is 0 Å². The summed E-state index contributed by atoms with van der Waals surface area (Å²) in [5.74, 6) is 0. The van der Waals surface area contributed by atoms with Crippen LogP contribution in [0.5, 0.6) is 0 Å². The van der Waals surface area contributed by atoms with E-state index in [0.717, 1.165) is 19.5 Å². The van der Waals surface area contributed by atoms with E-state index in [1.165, 1.54) is 10.5 Å². The molecule has 0 amide bonds. The largest absolute Gasteiger partial charge is 0.326 e. The van der Waals surface area contributed by atoms with Crippen LogP contribution >= 0.6 is 11.8 Å². The van der Waals surface area contributed by atoms with Crippen molar-refractivity contribution in [1.29, 1.82) is 0 Å². The Bertz CT molecular complexity index is 336. The summed E-state index contributed by atoms with van der Waals surface area (Å²) < 4.78 is 0. The standard InChI is InChI=1S/C13H20N2S/c1-3-15-9-8-12(14)13(15)10-4-6-11(16-2)7-5-10/h4-7,12-13H,3,8-9,14H2,1-2H3. The number of nitrogens with zero attached hydrogens (tertiary/aromatic N) is 1. The van der Waals surface area contributed by atoms with E-state index < -0.39 is 0 Å². The SMILES string of the molecule is CCN1CCC(N)C1c1ccc(SC)cc1. The predicted molar refractivity (Wildman–Crippen MR) is 70.8 cm³/mol. The number of benzene rings is 1. The zero-order valence-electron chi connectivity index (χ0n) is 10.0. The summed E-state index contributed by atoms with van der Waals surface area (Å²) in [5, 5.41) is 0. The van der Waals surface area contributed by atoms with Crippen LogP contribution in [-0.2, 0) is 0 Å². The first-order valence-corrected chi connectivity index (χ1v) is 7.12. The van der Waals surface area contributed by atoms with Gasteiger partial charge in [-0.05, 0) is 36.9 Å². The Morgan fingerprint density at radius 1 is 1.38 bits per heavy atom. The minimum atomic E-state index is 0.292. The summed E-state index contributed by atoms with van der Waals surface area (Å²) in [6.07, 6.45) is 3.22. The fraction of sp³-hybridized carbons (Fsp3) is 0.538. The van der Waals surface area contributed by atoms with Crippen molar-refractivity contribution in [3.63, 3.8) is 0 Å². The summed E-state index contributed by atoms with van der Waals surface area (Å²) in [6, 6.07) is 9.55. The van der Waals surface area contributed by atoms with Gasteiger partial charge in [0.25, 0.3) is 0 Å². The van der Waals surface area contributed by atoms with Crippen molar-refractivity contribution >= 4 is 11.8 Å². The van der Waals surface area contributed by atoms with Crippen molar-refractivity contribution in [2.75, 3.05) is 19.3 Å². The molecule has 1 aliphatic rings. The van der Waals surface area contributed by atoms with Crippen LogP contribution in [0.4, 0.5) is 0 Å². The zero-order valence-corrected chi connectivity index (χ0v) is 10.8. The van der Waals surface area contributed by atoms with Crippen LogP contribution in [0, 0.1) is 0 Å². The number of thioether (sulfide) groups is 1. The molecular weight excluding hydrogens is 216 g/mol. The molecule has 2 atom stereocenters. The first-order chi connectivity index (χ1) is 7.76. The van der Waals surface area contributed by atoms with E-state index >= 15 is 0 Å². The Morgan fingerprint density at radius 2 is 2.06 bits per heavy atom. The van der Waals surface area contributed by atoms with Gasteiger partial charge in [-0.3, -0.25) is 4.90 Å². The Balaban J connectivity index is 2.21. The van der Waals surface area contributed by atoms with Crippen molar-refractivity contribution in [3.05, 3.63) is 29.8 Å². The van der Waals surface area contributed by atoms with Gasteiger partial charge in [0, 0.05) is 23.5 Å². The maximum atomic E-state index is 6.20. The molecule has 1 saturated heterocycles. The highest BCUT2D eigenvalue weighted by molar-refractivity contribution is 7.98. The Morgan fingerprint density at radius 3 is 2.62 bits per heavy atom. The number of hydrogen-bond donors (Lipinski definition) is 1. The van der Waals surface area contributed by atoms with Gasteiger partial charge in [0.15, 0.2) is 0 Å². The van der Waals surface area contributed by atoms with E-state index in [9.17, 15) is 0 Å². The molecule has 88 valence electrons. The molecule has 2 rings (SSSR count). The van der Waals surface area contributed by atoms with Crippen LogP contribution in [0.3, 0.4) is 0 Å². The second kappa shape index (κ2) is 5.21. The summed E-state index contributed by atoms with van der Waals surface area (Å²) in [6.45, 7) is 4.43.